The van der Waals surface area contributed by atoms with Crippen LogP contribution in [0.15, 0.2) is 264 Å². The van der Waals surface area contributed by atoms with Crippen molar-refractivity contribution in [2.75, 3.05) is 89.6 Å². The molecule has 8 aromatic carbocycles. The van der Waals surface area contributed by atoms with E-state index in [0.29, 0.717) is 87.9 Å². The van der Waals surface area contributed by atoms with Crippen LogP contribution in [0, 0.1) is 12.8 Å². The van der Waals surface area contributed by atoms with Gasteiger partial charge in [0.25, 0.3) is 0 Å². The fourth-order valence-electron chi connectivity index (χ4n) is 13.8. The molecule has 0 bridgehead atoms. The number of aryl methyl sites for hydroxylation is 2. The van der Waals surface area contributed by atoms with Crippen LogP contribution in [-0.2, 0) is 63.8 Å². The van der Waals surface area contributed by atoms with Gasteiger partial charge in [0.05, 0.1) is 12.1 Å². The van der Waals surface area contributed by atoms with E-state index in [-0.39, 0.29) is 19.0 Å². The maximum Gasteiger partial charge on any atom is 0.419 e. The monoisotopic (exact) mass is 1830 g/mol. The summed E-state index contributed by atoms with van der Waals surface area (Å²) in [5, 5.41) is 46.0. The molecule has 4 N–H and O–H groups in total. The molecule has 12 rings (SSSR count). The number of aromatic nitrogens is 3. The molecule has 1 amide bonds. The molecule has 0 radical (unpaired) electrons. The third-order valence-corrected chi connectivity index (χ3v) is 27.1. The highest BCUT2D eigenvalue weighted by molar-refractivity contribution is 8.00. The van der Waals surface area contributed by atoms with Crippen molar-refractivity contribution >= 4 is 141 Å². The summed E-state index contributed by atoms with van der Waals surface area (Å²) in [7, 11) is 0. The number of aliphatic hydroxyl groups is 4. The number of hydrogen-bond donors (Lipinski definition) is 4. The van der Waals surface area contributed by atoms with Crippen molar-refractivity contribution in [1.82, 2.24) is 19.4 Å². The maximum atomic E-state index is 13.4. The second-order valence-electron chi connectivity index (χ2n) is 29.3. The number of amides is 1. The van der Waals surface area contributed by atoms with Crippen LogP contribution in [0.3, 0.4) is 0 Å². The number of pyridine rings is 1. The molecule has 654 valence electrons. The number of thioether (sulfide) groups is 8. The molecule has 2 aliphatic rings. The quantitative estimate of drug-likeness (QED) is 0.0129. The molecule has 2 aromatic heterocycles. The Hall–Kier alpha value is -8.88. The topological polar surface area (TPSA) is 288 Å². The largest absolute Gasteiger partial charge is 0.462 e. The van der Waals surface area contributed by atoms with Gasteiger partial charge in [-0.25, -0.2) is 19.1 Å². The molecular formula is C96H106N4O16S8. The van der Waals surface area contributed by atoms with Crippen LogP contribution in [0.1, 0.15) is 145 Å². The number of carbonyl (C=O) groups excluding carboxylic acids is 8. The molecule has 20 nitrogen and oxygen atoms in total. The maximum absolute atomic E-state index is 13.4. The Morgan fingerprint density at radius 1 is 0.371 bits per heavy atom. The lowest BCUT2D eigenvalue weighted by molar-refractivity contribution is -0.151. The average molecular weight is 1830 g/mol. The van der Waals surface area contributed by atoms with E-state index in [1.54, 1.807) is 234 Å². The molecule has 0 spiro atoms. The molecule has 3 heterocycles. The van der Waals surface area contributed by atoms with Crippen LogP contribution < -0.4 is 0 Å². The Morgan fingerprint density at radius 2 is 0.653 bits per heavy atom. The summed E-state index contributed by atoms with van der Waals surface area (Å²) < 4.78 is 23.1. The van der Waals surface area contributed by atoms with E-state index in [1.165, 1.54) is 11.0 Å². The third kappa shape index (κ3) is 27.1. The highest BCUT2D eigenvalue weighted by atomic mass is 32.2. The normalized spacial score (nSPS) is 14.5. The number of esters is 2. The first-order chi connectivity index (χ1) is 59.7. The van der Waals surface area contributed by atoms with Gasteiger partial charge in [0.2, 0.25) is 23.1 Å². The Kier molecular flexibility index (Phi) is 38.9. The van der Waals surface area contributed by atoms with Crippen molar-refractivity contribution in [3.8, 4) is 0 Å². The van der Waals surface area contributed by atoms with E-state index in [0.717, 1.165) is 89.7 Å². The number of ketones is 4. The van der Waals surface area contributed by atoms with Gasteiger partial charge in [0.1, 0.15) is 32.3 Å². The van der Waals surface area contributed by atoms with Gasteiger partial charge >= 0.3 is 24.1 Å². The number of benzene rings is 8. The standard InChI is InChI=1S/C25H30O4S2.C24H26N2O4S2.C24H23NO4S2.C23H27NO4S2/c1-30-21-12-8-19(9-13-21)24(27)25(28,20-10-14-22(31-2)15-11-20)17-29-23(26)16-18-6-4-3-5-7-18;1-5-21-25-16(2)14-26(21)23(28)30-15-24(29,18-8-12-20(32-4)13-9-18)22(27)17-6-10-19(31-3)11-7-17;1-30-20-7-3-18(4-8-20)23(27)24(28,19-5-9-21(31-2)10-6-19)16-29-22(26)15-17-11-13-25-14-12-17;1-29-19-10-6-17(7-11-19)21(25)23(27,18-8-12-20(30-2)13-9-18)16-28-22(26)24-14-4-3-5-15-24/h8-15,18,28H,3-7,16-17H2,1-2H3;6-14,29H,5,15H2,1-4H3;3-14,28H,15-16H2,1-2H3;6-13,27H,3-5,14-16H2,1-2H3. The molecule has 124 heavy (non-hydrogen) atoms. The first-order valence-electron chi connectivity index (χ1n) is 40.3. The summed E-state index contributed by atoms with van der Waals surface area (Å²) in [6, 6.07) is 60.0. The smallest absolute Gasteiger partial charge is 0.419 e. The van der Waals surface area contributed by atoms with Crippen LogP contribution in [-0.4, -0.2) is 177 Å². The van der Waals surface area contributed by atoms with E-state index in [9.17, 15) is 58.8 Å². The van der Waals surface area contributed by atoms with Gasteiger partial charge in [-0.05, 0) is 232 Å². The van der Waals surface area contributed by atoms with Crippen LogP contribution >= 0.6 is 94.1 Å². The molecule has 10 aromatic rings. The predicted octanol–water partition coefficient (Wildman–Crippen LogP) is 19.9. The van der Waals surface area contributed by atoms with Crippen molar-refractivity contribution in [3.05, 3.63) is 286 Å². The van der Waals surface area contributed by atoms with Crippen molar-refractivity contribution < 1.29 is 77.7 Å². The number of likely N-dealkylation sites (tertiary alicyclic amines) is 1. The Morgan fingerprint density at radius 3 is 0.960 bits per heavy atom. The van der Waals surface area contributed by atoms with Gasteiger partial charge in [0, 0.05) is 106 Å². The third-order valence-electron chi connectivity index (χ3n) is 21.2. The fourth-order valence-corrected chi connectivity index (χ4v) is 17.1. The first kappa shape index (κ1) is 98.9. The summed E-state index contributed by atoms with van der Waals surface area (Å²) in [5.74, 6) is -2.00. The van der Waals surface area contributed by atoms with Crippen LogP contribution in [0.25, 0.3) is 0 Å². The number of carbonyl (C=O) groups is 8. The number of piperidine rings is 1. The highest BCUT2D eigenvalue weighted by Gasteiger charge is 2.45. The molecule has 1 aliphatic carbocycles. The van der Waals surface area contributed by atoms with Crippen molar-refractivity contribution in [3.63, 3.8) is 0 Å². The second-order valence-corrected chi connectivity index (χ2v) is 36.4. The SMILES string of the molecule is CCc1nc(C)cn1C(=O)OCC(O)(C(=O)c1ccc(SC)cc1)c1ccc(SC)cc1.CSc1ccc(C(=O)C(O)(COC(=O)CC2CCCCC2)c2ccc(SC)cc2)cc1.CSc1ccc(C(=O)C(O)(COC(=O)Cc2ccncc2)c2ccc(SC)cc2)cc1.CSc1ccc(C(=O)C(O)(COC(=O)N2CCCCC2)c2ccc(SC)cc2)cc1. The van der Waals surface area contributed by atoms with Gasteiger partial charge in [-0.1, -0.05) is 123 Å². The number of ether oxygens (including phenoxy) is 4. The van der Waals surface area contributed by atoms with E-state index in [1.807, 2.05) is 154 Å². The van der Waals surface area contributed by atoms with E-state index in [2.05, 4.69) is 9.97 Å². The van der Waals surface area contributed by atoms with Gasteiger partial charge in [-0.3, -0.25) is 33.8 Å². The molecule has 2 fully saturated rings. The number of rotatable bonds is 33. The zero-order chi connectivity index (χ0) is 89.4. The van der Waals surface area contributed by atoms with E-state index >= 15 is 0 Å². The lowest BCUT2D eigenvalue weighted by Crippen LogP contribution is -2.44. The van der Waals surface area contributed by atoms with E-state index in [4.69, 9.17) is 18.9 Å². The lowest BCUT2D eigenvalue weighted by Gasteiger charge is -2.30. The van der Waals surface area contributed by atoms with E-state index < -0.39 is 83.5 Å². The first-order valence-corrected chi connectivity index (χ1v) is 50.1. The van der Waals surface area contributed by atoms with Crippen LogP contribution in [0.5, 0.6) is 0 Å². The zero-order valence-electron chi connectivity index (χ0n) is 71.2. The van der Waals surface area contributed by atoms with Gasteiger partial charge in [0.15, 0.2) is 22.4 Å². The highest BCUT2D eigenvalue weighted by Crippen LogP contribution is 2.37. The minimum atomic E-state index is -2.03. The Balaban J connectivity index is 0.000000187. The van der Waals surface area contributed by atoms with Crippen molar-refractivity contribution in [2.24, 2.45) is 5.92 Å². The average Bonchev–Trinajstić information content (AvgIpc) is 0.815. The molecule has 1 saturated carbocycles. The lowest BCUT2D eigenvalue weighted by atomic mass is 9.86. The number of nitrogens with zero attached hydrogens (tertiary/aromatic N) is 4. The molecule has 1 aliphatic heterocycles. The summed E-state index contributed by atoms with van der Waals surface area (Å²) in [6.07, 6.45) is 28.7. The van der Waals surface area contributed by atoms with Crippen molar-refractivity contribution in [2.45, 2.75) is 146 Å². The zero-order valence-corrected chi connectivity index (χ0v) is 77.7. The summed E-state index contributed by atoms with van der Waals surface area (Å²) in [5.41, 5.74) is -3.47. The predicted molar refractivity (Wildman–Crippen MR) is 500 cm³/mol. The number of hydrogen-bond acceptors (Lipinski definition) is 26. The summed E-state index contributed by atoms with van der Waals surface area (Å²) in [6.45, 7) is 3.15. The Bertz CT molecular complexity index is 5140. The molecular weight excluding hydrogens is 1720 g/mol. The van der Waals surface area contributed by atoms with Gasteiger partial charge in [-0.15, -0.1) is 94.1 Å². The molecule has 4 unspecified atom stereocenters. The van der Waals surface area contributed by atoms with Gasteiger partial charge < -0.3 is 44.3 Å². The molecule has 4 atom stereocenters. The van der Waals surface area contributed by atoms with Crippen LogP contribution in [0.4, 0.5) is 9.59 Å². The van der Waals surface area contributed by atoms with Gasteiger partial charge in [-0.2, -0.15) is 0 Å². The minimum absolute atomic E-state index is 0.0284. The van der Waals surface area contributed by atoms with Crippen LogP contribution in [0.2, 0.25) is 0 Å². The fraction of sp³-hybridized carbons (Fsp3) is 0.333. The number of imidazole rings is 1. The molecule has 1 saturated heterocycles. The number of Topliss-reactive ketones (excluding diaryl/α,β-unsaturated/α-hetero) is 4. The summed E-state index contributed by atoms with van der Waals surface area (Å²) in [4.78, 5) is 121. The minimum Gasteiger partial charge on any atom is -0.462 e. The second kappa shape index (κ2) is 48.7. The van der Waals surface area contributed by atoms with Crippen molar-refractivity contribution in [1.29, 1.82) is 0 Å². The summed E-state index contributed by atoms with van der Waals surface area (Å²) >= 11 is 12.5. The molecule has 28 heteroatoms. The Labute approximate surface area is 760 Å².